The molecule has 2 atom stereocenters. The van der Waals surface area contributed by atoms with Crippen LogP contribution in [0.15, 0.2) is 4.52 Å². The van der Waals surface area contributed by atoms with E-state index in [1.807, 2.05) is 6.92 Å². The predicted molar refractivity (Wildman–Crippen MR) is 75.5 cm³/mol. The highest BCUT2D eigenvalue weighted by atomic mass is 32.2. The average Bonchev–Trinajstić information content (AvgIpc) is 3.15. The number of hydrogen-bond donors (Lipinski definition) is 1. The summed E-state index contributed by atoms with van der Waals surface area (Å²) in [5, 5.41) is 7.19. The molecule has 3 rings (SSSR count). The van der Waals surface area contributed by atoms with Gasteiger partial charge in [-0.2, -0.15) is 4.98 Å². The zero-order chi connectivity index (χ0) is 14.9. The Balaban J connectivity index is 1.64. The molecule has 2 heterocycles. The van der Waals surface area contributed by atoms with Crippen molar-refractivity contribution in [2.75, 3.05) is 24.7 Å². The maximum absolute atomic E-state index is 11.6. The SMILES string of the molecule is CCOC(c1noc(CC2CS(=O)(=O)CCN2)n1)C1CC1. The van der Waals surface area contributed by atoms with Crippen molar-refractivity contribution in [3.05, 3.63) is 11.7 Å². The highest BCUT2D eigenvalue weighted by Gasteiger charge is 2.36. The molecular formula is C13H21N3O4S. The number of nitrogens with one attached hydrogen (secondary N) is 1. The van der Waals surface area contributed by atoms with E-state index in [0.29, 0.717) is 37.2 Å². The molecule has 1 aromatic heterocycles. The Labute approximate surface area is 124 Å². The van der Waals surface area contributed by atoms with Gasteiger partial charge in [0.15, 0.2) is 9.84 Å². The topological polar surface area (TPSA) is 94.3 Å². The zero-order valence-electron chi connectivity index (χ0n) is 12.1. The van der Waals surface area contributed by atoms with Gasteiger partial charge in [-0.3, -0.25) is 0 Å². The molecule has 1 aliphatic carbocycles. The largest absolute Gasteiger partial charge is 0.370 e. The van der Waals surface area contributed by atoms with Gasteiger partial charge in [-0.25, -0.2) is 8.42 Å². The maximum atomic E-state index is 11.6. The van der Waals surface area contributed by atoms with Crippen LogP contribution in [-0.2, 0) is 21.0 Å². The van der Waals surface area contributed by atoms with E-state index in [1.54, 1.807) is 0 Å². The Morgan fingerprint density at radius 1 is 1.48 bits per heavy atom. The minimum Gasteiger partial charge on any atom is -0.370 e. The molecule has 1 saturated carbocycles. The Bertz CT molecular complexity index is 582. The van der Waals surface area contributed by atoms with Gasteiger partial charge in [-0.05, 0) is 25.7 Å². The maximum Gasteiger partial charge on any atom is 0.228 e. The van der Waals surface area contributed by atoms with Gasteiger partial charge in [-0.1, -0.05) is 5.16 Å². The van der Waals surface area contributed by atoms with Crippen molar-refractivity contribution in [3.63, 3.8) is 0 Å². The van der Waals surface area contributed by atoms with Gasteiger partial charge >= 0.3 is 0 Å². The van der Waals surface area contributed by atoms with E-state index >= 15 is 0 Å². The quantitative estimate of drug-likeness (QED) is 0.816. The molecule has 1 aliphatic heterocycles. The Kier molecular flexibility index (Phi) is 4.28. The summed E-state index contributed by atoms with van der Waals surface area (Å²) in [6.45, 7) is 3.05. The predicted octanol–water partition coefficient (Wildman–Crippen LogP) is 0.486. The van der Waals surface area contributed by atoms with Crippen molar-refractivity contribution in [1.29, 1.82) is 0 Å². The number of sulfone groups is 1. The van der Waals surface area contributed by atoms with Crippen molar-refractivity contribution in [1.82, 2.24) is 15.5 Å². The summed E-state index contributed by atoms with van der Waals surface area (Å²) in [7, 11) is -2.95. The number of rotatable bonds is 6. The Hall–Kier alpha value is -0.990. The first kappa shape index (κ1) is 14.9. The molecule has 0 spiro atoms. The summed E-state index contributed by atoms with van der Waals surface area (Å²) >= 11 is 0. The van der Waals surface area contributed by atoms with Crippen LogP contribution < -0.4 is 5.32 Å². The highest BCUT2D eigenvalue weighted by Crippen LogP contribution is 2.42. The van der Waals surface area contributed by atoms with Gasteiger partial charge < -0.3 is 14.6 Å². The van der Waals surface area contributed by atoms with E-state index in [0.717, 1.165) is 12.8 Å². The summed E-state index contributed by atoms with van der Waals surface area (Å²) in [6.07, 6.45) is 2.62. The molecule has 21 heavy (non-hydrogen) atoms. The summed E-state index contributed by atoms with van der Waals surface area (Å²) in [4.78, 5) is 4.39. The lowest BCUT2D eigenvalue weighted by molar-refractivity contribution is 0.0384. The second-order valence-electron chi connectivity index (χ2n) is 5.73. The smallest absolute Gasteiger partial charge is 0.228 e. The summed E-state index contributed by atoms with van der Waals surface area (Å²) in [5.74, 6) is 1.89. The molecule has 118 valence electrons. The fourth-order valence-electron chi connectivity index (χ4n) is 2.68. The molecule has 0 aromatic carbocycles. The first-order chi connectivity index (χ1) is 10.1. The van der Waals surface area contributed by atoms with Crippen LogP contribution in [0, 0.1) is 5.92 Å². The third kappa shape index (κ3) is 3.81. The van der Waals surface area contributed by atoms with Crippen molar-refractivity contribution in [2.45, 2.75) is 38.3 Å². The Morgan fingerprint density at radius 2 is 2.29 bits per heavy atom. The molecule has 7 nitrogen and oxygen atoms in total. The summed E-state index contributed by atoms with van der Waals surface area (Å²) in [6, 6.07) is -0.150. The fourth-order valence-corrected chi connectivity index (χ4v) is 4.12. The molecule has 0 bridgehead atoms. The van der Waals surface area contributed by atoms with Crippen LogP contribution in [-0.4, -0.2) is 49.3 Å². The molecule has 0 radical (unpaired) electrons. The van der Waals surface area contributed by atoms with Crippen LogP contribution in [0.2, 0.25) is 0 Å². The van der Waals surface area contributed by atoms with Crippen LogP contribution in [0.4, 0.5) is 0 Å². The van der Waals surface area contributed by atoms with Crippen molar-refractivity contribution < 1.29 is 17.7 Å². The minimum atomic E-state index is -2.95. The van der Waals surface area contributed by atoms with Crippen LogP contribution in [0.3, 0.4) is 0 Å². The van der Waals surface area contributed by atoms with Crippen LogP contribution in [0.25, 0.3) is 0 Å². The van der Waals surface area contributed by atoms with E-state index in [9.17, 15) is 8.42 Å². The van der Waals surface area contributed by atoms with Gasteiger partial charge in [0, 0.05) is 25.6 Å². The van der Waals surface area contributed by atoms with Crippen LogP contribution in [0.5, 0.6) is 0 Å². The third-order valence-corrected chi connectivity index (χ3v) is 5.59. The second-order valence-corrected chi connectivity index (χ2v) is 7.96. The van der Waals surface area contributed by atoms with Crippen LogP contribution >= 0.6 is 0 Å². The van der Waals surface area contributed by atoms with Crippen molar-refractivity contribution >= 4 is 9.84 Å². The number of hydrogen-bond acceptors (Lipinski definition) is 7. The number of aromatic nitrogens is 2. The molecule has 2 fully saturated rings. The van der Waals surface area contributed by atoms with E-state index < -0.39 is 9.84 Å². The lowest BCUT2D eigenvalue weighted by Crippen LogP contribution is -2.46. The highest BCUT2D eigenvalue weighted by molar-refractivity contribution is 7.91. The lowest BCUT2D eigenvalue weighted by atomic mass is 10.2. The van der Waals surface area contributed by atoms with Crippen molar-refractivity contribution in [3.8, 4) is 0 Å². The zero-order valence-corrected chi connectivity index (χ0v) is 12.9. The van der Waals surface area contributed by atoms with E-state index in [1.165, 1.54) is 0 Å². The van der Waals surface area contributed by atoms with E-state index in [-0.39, 0.29) is 23.7 Å². The number of nitrogens with zero attached hydrogens (tertiary/aromatic N) is 2. The molecule has 1 N–H and O–H groups in total. The lowest BCUT2D eigenvalue weighted by Gasteiger charge is -2.22. The first-order valence-electron chi connectivity index (χ1n) is 7.45. The minimum absolute atomic E-state index is 0.0875. The molecule has 1 aromatic rings. The van der Waals surface area contributed by atoms with E-state index in [4.69, 9.17) is 9.26 Å². The van der Waals surface area contributed by atoms with Gasteiger partial charge in [0.05, 0.1) is 11.5 Å². The normalized spacial score (nSPS) is 26.6. The fraction of sp³-hybridized carbons (Fsp3) is 0.846. The molecular weight excluding hydrogens is 294 g/mol. The summed E-state index contributed by atoms with van der Waals surface area (Å²) in [5.41, 5.74) is 0. The monoisotopic (exact) mass is 315 g/mol. The van der Waals surface area contributed by atoms with Gasteiger partial charge in [0.2, 0.25) is 11.7 Å². The molecule has 2 aliphatic rings. The number of ether oxygens (including phenoxy) is 1. The van der Waals surface area contributed by atoms with Gasteiger partial charge in [0.25, 0.3) is 0 Å². The first-order valence-corrected chi connectivity index (χ1v) is 9.27. The second kappa shape index (κ2) is 6.02. The van der Waals surface area contributed by atoms with Gasteiger partial charge in [-0.15, -0.1) is 0 Å². The average molecular weight is 315 g/mol. The molecule has 0 amide bonds. The van der Waals surface area contributed by atoms with Crippen molar-refractivity contribution in [2.24, 2.45) is 5.92 Å². The standard InChI is InChI=1S/C13H21N3O4S/c1-2-19-12(9-3-4-9)13-15-11(20-16-13)7-10-8-21(17,18)6-5-14-10/h9-10,12,14H,2-8H2,1H3. The Morgan fingerprint density at radius 3 is 2.95 bits per heavy atom. The third-order valence-electron chi connectivity index (χ3n) is 3.86. The van der Waals surface area contributed by atoms with Gasteiger partial charge in [0.1, 0.15) is 6.10 Å². The van der Waals surface area contributed by atoms with Crippen LogP contribution in [0.1, 0.15) is 37.6 Å². The molecule has 8 heteroatoms. The summed E-state index contributed by atoms with van der Waals surface area (Å²) < 4.78 is 34.2. The molecule has 1 saturated heterocycles. The molecule has 2 unspecified atom stereocenters. The van der Waals surface area contributed by atoms with E-state index in [2.05, 4.69) is 15.5 Å².